The van der Waals surface area contributed by atoms with Crippen molar-refractivity contribution in [1.82, 2.24) is 20.2 Å². The average molecular weight is 346 g/mol. The van der Waals surface area contributed by atoms with Gasteiger partial charge >= 0.3 is 0 Å². The van der Waals surface area contributed by atoms with Crippen LogP contribution in [0, 0.1) is 11.7 Å². The number of carbonyl (C=O) groups is 2. The lowest BCUT2D eigenvalue weighted by Crippen LogP contribution is -2.36. The minimum absolute atomic E-state index is 0.0769. The molecule has 0 spiro atoms. The van der Waals surface area contributed by atoms with Crippen LogP contribution in [-0.4, -0.2) is 27.9 Å². The fourth-order valence-electron chi connectivity index (χ4n) is 2.22. The number of carbonyl (C=O) groups excluding carboxylic acids is 2. The summed E-state index contributed by atoms with van der Waals surface area (Å²) in [5.74, 6) is -0.400. The number of hydrogen-bond acceptors (Lipinski definition) is 3. The van der Waals surface area contributed by atoms with Crippen LogP contribution in [0.1, 0.15) is 32.3 Å². The summed E-state index contributed by atoms with van der Waals surface area (Å²) in [7, 11) is 0. The Labute approximate surface area is 146 Å². The zero-order valence-electron chi connectivity index (χ0n) is 14.5. The van der Waals surface area contributed by atoms with Crippen LogP contribution in [0.15, 0.2) is 36.9 Å². The highest BCUT2D eigenvalue weighted by Gasteiger charge is 2.08. The number of imidazole rings is 1. The first-order chi connectivity index (χ1) is 12.0. The van der Waals surface area contributed by atoms with Crippen molar-refractivity contribution in [2.45, 2.75) is 33.2 Å². The molecule has 0 bridgehead atoms. The minimum atomic E-state index is -0.397. The molecule has 1 heterocycles. The smallest absolute Gasteiger partial charge is 0.239 e. The number of hydrogen-bond donors (Lipinski definition) is 2. The van der Waals surface area contributed by atoms with Gasteiger partial charge in [0.15, 0.2) is 0 Å². The zero-order valence-corrected chi connectivity index (χ0v) is 14.5. The normalized spacial score (nSPS) is 10.7. The number of nitrogens with zero attached hydrogens (tertiary/aromatic N) is 2. The van der Waals surface area contributed by atoms with Gasteiger partial charge in [0.05, 0.1) is 18.6 Å². The van der Waals surface area contributed by atoms with Gasteiger partial charge in [-0.05, 0) is 30.0 Å². The molecule has 0 radical (unpaired) electrons. The fraction of sp³-hybridized carbons (Fsp3) is 0.389. The highest BCUT2D eigenvalue weighted by Crippen LogP contribution is 2.14. The molecule has 6 nitrogen and oxygen atoms in total. The van der Waals surface area contributed by atoms with Crippen molar-refractivity contribution in [3.63, 3.8) is 0 Å². The first kappa shape index (κ1) is 18.6. The summed E-state index contributed by atoms with van der Waals surface area (Å²) in [5, 5.41) is 5.24. The maximum absolute atomic E-state index is 14.1. The van der Waals surface area contributed by atoms with Crippen molar-refractivity contribution < 1.29 is 14.0 Å². The Morgan fingerprint density at radius 3 is 2.68 bits per heavy atom. The van der Waals surface area contributed by atoms with Gasteiger partial charge in [-0.3, -0.25) is 9.59 Å². The molecule has 0 aliphatic carbocycles. The van der Waals surface area contributed by atoms with Crippen molar-refractivity contribution in [3.8, 4) is 5.69 Å². The van der Waals surface area contributed by atoms with Crippen molar-refractivity contribution in [1.29, 1.82) is 0 Å². The molecule has 0 atom stereocenters. The molecule has 0 saturated carbocycles. The average Bonchev–Trinajstić information content (AvgIpc) is 3.10. The standard InChI is InChI=1S/C18H23FN4O2/c1-13(2)3-6-17(24)22-11-18(25)21-10-14-4-5-16(15(19)9-14)23-8-7-20-12-23/h4-5,7-9,12-13H,3,6,10-11H2,1-2H3,(H,21,25)(H,22,24). The largest absolute Gasteiger partial charge is 0.350 e. The topological polar surface area (TPSA) is 76.0 Å². The van der Waals surface area contributed by atoms with Gasteiger partial charge in [-0.2, -0.15) is 0 Å². The zero-order chi connectivity index (χ0) is 18.2. The minimum Gasteiger partial charge on any atom is -0.350 e. The molecule has 0 unspecified atom stereocenters. The van der Waals surface area contributed by atoms with Gasteiger partial charge < -0.3 is 15.2 Å². The van der Waals surface area contributed by atoms with Crippen LogP contribution >= 0.6 is 0 Å². The van der Waals surface area contributed by atoms with Gasteiger partial charge in [0, 0.05) is 25.4 Å². The Balaban J connectivity index is 1.78. The van der Waals surface area contributed by atoms with E-state index in [4.69, 9.17) is 0 Å². The van der Waals surface area contributed by atoms with E-state index in [0.717, 1.165) is 6.42 Å². The molecule has 2 aromatic rings. The molecule has 25 heavy (non-hydrogen) atoms. The Kier molecular flexibility index (Phi) is 6.68. The summed E-state index contributed by atoms with van der Waals surface area (Å²) in [4.78, 5) is 27.2. The molecule has 0 saturated heterocycles. The highest BCUT2D eigenvalue weighted by atomic mass is 19.1. The summed E-state index contributed by atoms with van der Waals surface area (Å²) < 4.78 is 15.7. The molecule has 1 aromatic carbocycles. The number of aromatic nitrogens is 2. The SMILES string of the molecule is CC(C)CCC(=O)NCC(=O)NCc1ccc(-n2ccnc2)c(F)c1. The summed E-state index contributed by atoms with van der Waals surface area (Å²) in [6, 6.07) is 4.74. The molecular weight excluding hydrogens is 323 g/mol. The van der Waals surface area contributed by atoms with Crippen LogP contribution in [0.2, 0.25) is 0 Å². The number of amides is 2. The lowest BCUT2D eigenvalue weighted by molar-refractivity contribution is -0.126. The number of nitrogens with one attached hydrogen (secondary N) is 2. The van der Waals surface area contributed by atoms with E-state index in [1.807, 2.05) is 13.8 Å². The summed E-state index contributed by atoms with van der Waals surface area (Å²) in [5.41, 5.74) is 1.03. The molecule has 0 fully saturated rings. The second-order valence-corrected chi connectivity index (χ2v) is 6.24. The van der Waals surface area contributed by atoms with Gasteiger partial charge in [0.1, 0.15) is 5.82 Å². The Morgan fingerprint density at radius 1 is 1.24 bits per heavy atom. The molecular formula is C18H23FN4O2. The van der Waals surface area contributed by atoms with Crippen LogP contribution in [0.25, 0.3) is 5.69 Å². The fourth-order valence-corrected chi connectivity index (χ4v) is 2.22. The van der Waals surface area contributed by atoms with Crippen LogP contribution in [-0.2, 0) is 16.1 Å². The number of rotatable bonds is 8. The molecule has 0 aliphatic heterocycles. The van der Waals surface area contributed by atoms with E-state index in [-0.39, 0.29) is 24.9 Å². The first-order valence-electron chi connectivity index (χ1n) is 8.26. The van der Waals surface area contributed by atoms with Crippen LogP contribution in [0.4, 0.5) is 4.39 Å². The quantitative estimate of drug-likeness (QED) is 0.769. The molecule has 134 valence electrons. The second-order valence-electron chi connectivity index (χ2n) is 6.24. The van der Waals surface area contributed by atoms with Gasteiger partial charge in [-0.25, -0.2) is 9.37 Å². The monoisotopic (exact) mass is 346 g/mol. The molecule has 1 aromatic heterocycles. The van der Waals surface area contributed by atoms with Crippen LogP contribution in [0.5, 0.6) is 0 Å². The van der Waals surface area contributed by atoms with Crippen molar-refractivity contribution in [2.75, 3.05) is 6.54 Å². The number of halogens is 1. The molecule has 0 aliphatic rings. The van der Waals surface area contributed by atoms with E-state index in [2.05, 4.69) is 15.6 Å². The van der Waals surface area contributed by atoms with E-state index in [9.17, 15) is 14.0 Å². The van der Waals surface area contributed by atoms with Crippen LogP contribution < -0.4 is 10.6 Å². The Bertz CT molecular complexity index is 714. The Morgan fingerprint density at radius 2 is 2.04 bits per heavy atom. The van der Waals surface area contributed by atoms with Crippen molar-refractivity contribution in [2.24, 2.45) is 5.92 Å². The molecule has 2 amide bonds. The summed E-state index contributed by atoms with van der Waals surface area (Å²) >= 11 is 0. The molecule has 2 N–H and O–H groups in total. The third-order valence-electron chi connectivity index (χ3n) is 3.68. The third kappa shape index (κ3) is 6.02. The van der Waals surface area contributed by atoms with Crippen molar-refractivity contribution >= 4 is 11.8 Å². The summed E-state index contributed by atoms with van der Waals surface area (Å²) in [6.45, 7) is 4.20. The first-order valence-corrected chi connectivity index (χ1v) is 8.26. The van der Waals surface area contributed by atoms with E-state index in [1.54, 1.807) is 29.1 Å². The van der Waals surface area contributed by atoms with E-state index < -0.39 is 5.82 Å². The van der Waals surface area contributed by atoms with Crippen LogP contribution in [0.3, 0.4) is 0 Å². The summed E-state index contributed by atoms with van der Waals surface area (Å²) in [6.07, 6.45) is 5.94. The van der Waals surface area contributed by atoms with Gasteiger partial charge in [0.2, 0.25) is 11.8 Å². The van der Waals surface area contributed by atoms with Crippen molar-refractivity contribution in [3.05, 3.63) is 48.3 Å². The van der Waals surface area contributed by atoms with E-state index in [1.165, 1.54) is 12.4 Å². The lowest BCUT2D eigenvalue weighted by Gasteiger charge is -2.09. The third-order valence-corrected chi connectivity index (χ3v) is 3.68. The second kappa shape index (κ2) is 8.96. The lowest BCUT2D eigenvalue weighted by atomic mass is 10.1. The Hall–Kier alpha value is -2.70. The maximum atomic E-state index is 14.1. The molecule has 2 rings (SSSR count). The predicted octanol–water partition coefficient (Wildman–Crippen LogP) is 2.18. The van der Waals surface area contributed by atoms with Gasteiger partial charge in [-0.1, -0.05) is 19.9 Å². The van der Waals surface area contributed by atoms with Gasteiger partial charge in [0.25, 0.3) is 0 Å². The molecule has 7 heteroatoms. The van der Waals surface area contributed by atoms with Gasteiger partial charge in [-0.15, -0.1) is 0 Å². The van der Waals surface area contributed by atoms with E-state index >= 15 is 0 Å². The maximum Gasteiger partial charge on any atom is 0.239 e. The number of benzene rings is 1. The highest BCUT2D eigenvalue weighted by molar-refractivity contribution is 5.84. The predicted molar refractivity (Wildman–Crippen MR) is 92.5 cm³/mol. The van der Waals surface area contributed by atoms with E-state index in [0.29, 0.717) is 23.6 Å².